The van der Waals surface area contributed by atoms with Crippen molar-refractivity contribution in [3.63, 3.8) is 0 Å². The third-order valence-corrected chi connectivity index (χ3v) is 4.03. The first-order valence-corrected chi connectivity index (χ1v) is 5.79. The van der Waals surface area contributed by atoms with E-state index in [1.54, 1.807) is 0 Å². The minimum Gasteiger partial charge on any atom is -0.327 e. The Bertz CT molecular complexity index is 149. The number of rotatable bonds is 2. The van der Waals surface area contributed by atoms with Crippen molar-refractivity contribution >= 4 is 0 Å². The van der Waals surface area contributed by atoms with Gasteiger partial charge in [-0.3, -0.25) is 0 Å². The van der Waals surface area contributed by atoms with E-state index < -0.39 is 0 Å². The van der Waals surface area contributed by atoms with E-state index in [2.05, 4.69) is 27.7 Å². The molecule has 1 aliphatic rings. The van der Waals surface area contributed by atoms with E-state index in [4.69, 9.17) is 5.73 Å². The van der Waals surface area contributed by atoms with E-state index in [0.717, 1.165) is 17.8 Å². The molecule has 4 unspecified atom stereocenters. The number of nitrogens with two attached hydrogens (primary N) is 1. The molecule has 0 heterocycles. The summed E-state index contributed by atoms with van der Waals surface area (Å²) in [6.45, 7) is 9.26. The van der Waals surface area contributed by atoms with Gasteiger partial charge >= 0.3 is 0 Å². The second-order valence-corrected chi connectivity index (χ2v) is 5.25. The van der Waals surface area contributed by atoms with Crippen molar-refractivity contribution in [2.45, 2.75) is 53.0 Å². The lowest BCUT2D eigenvalue weighted by molar-refractivity contribution is 0.137. The molecule has 1 heteroatoms. The molecule has 0 amide bonds. The van der Waals surface area contributed by atoms with Crippen LogP contribution in [0.1, 0.15) is 47.0 Å². The van der Waals surface area contributed by atoms with Crippen molar-refractivity contribution < 1.29 is 0 Å². The second-order valence-electron chi connectivity index (χ2n) is 5.25. The topological polar surface area (TPSA) is 26.0 Å². The lowest BCUT2D eigenvalue weighted by Gasteiger charge is -2.39. The molecule has 0 aromatic carbocycles. The Labute approximate surface area is 83.1 Å². The zero-order valence-electron chi connectivity index (χ0n) is 9.59. The molecule has 0 radical (unpaired) electrons. The summed E-state index contributed by atoms with van der Waals surface area (Å²) in [6.07, 6.45) is 4.14. The molecule has 13 heavy (non-hydrogen) atoms. The molecule has 1 nitrogen and oxygen atoms in total. The summed E-state index contributed by atoms with van der Waals surface area (Å²) in [5.41, 5.74) is 6.24. The predicted octanol–water partition coefficient (Wildman–Crippen LogP) is 3.04. The number of hydrogen-bond donors (Lipinski definition) is 1. The maximum absolute atomic E-state index is 6.24. The average Bonchev–Trinajstić information content (AvgIpc) is 2.08. The Kier molecular flexibility index (Phi) is 3.78. The van der Waals surface area contributed by atoms with Crippen LogP contribution in [-0.4, -0.2) is 6.04 Å². The van der Waals surface area contributed by atoms with E-state index in [-0.39, 0.29) is 0 Å². The monoisotopic (exact) mass is 183 g/mol. The Morgan fingerprint density at radius 1 is 1.15 bits per heavy atom. The van der Waals surface area contributed by atoms with E-state index in [0.29, 0.717) is 12.0 Å². The minimum atomic E-state index is 0.415. The highest BCUT2D eigenvalue weighted by Gasteiger charge is 2.32. The maximum atomic E-state index is 6.24. The van der Waals surface area contributed by atoms with Crippen LogP contribution in [0.2, 0.25) is 0 Å². The molecule has 1 fully saturated rings. The molecule has 1 aliphatic carbocycles. The van der Waals surface area contributed by atoms with Gasteiger partial charge in [0.1, 0.15) is 0 Å². The summed E-state index contributed by atoms with van der Waals surface area (Å²) in [6, 6.07) is 0.415. The van der Waals surface area contributed by atoms with Crippen LogP contribution in [0, 0.1) is 23.7 Å². The fourth-order valence-corrected chi connectivity index (χ4v) is 2.66. The van der Waals surface area contributed by atoms with Crippen LogP contribution in [0.15, 0.2) is 0 Å². The summed E-state index contributed by atoms with van der Waals surface area (Å²) in [5, 5.41) is 0. The number of hydrogen-bond acceptors (Lipinski definition) is 1. The van der Waals surface area contributed by atoms with Gasteiger partial charge < -0.3 is 5.73 Å². The van der Waals surface area contributed by atoms with Gasteiger partial charge in [0.2, 0.25) is 0 Å². The van der Waals surface area contributed by atoms with Crippen molar-refractivity contribution in [3.05, 3.63) is 0 Å². The Hall–Kier alpha value is -0.0400. The van der Waals surface area contributed by atoms with Crippen LogP contribution in [0.4, 0.5) is 0 Å². The second kappa shape index (κ2) is 4.45. The molecule has 1 saturated carbocycles. The van der Waals surface area contributed by atoms with Crippen molar-refractivity contribution in [1.82, 2.24) is 0 Å². The zero-order valence-corrected chi connectivity index (χ0v) is 9.59. The molecule has 0 aliphatic heterocycles. The van der Waals surface area contributed by atoms with Crippen molar-refractivity contribution in [1.29, 1.82) is 0 Å². The molecule has 2 N–H and O–H groups in total. The largest absolute Gasteiger partial charge is 0.327 e. The molecule has 0 saturated heterocycles. The van der Waals surface area contributed by atoms with Crippen LogP contribution in [0.25, 0.3) is 0 Å². The molecule has 0 aromatic heterocycles. The van der Waals surface area contributed by atoms with Crippen molar-refractivity contribution in [2.75, 3.05) is 0 Å². The lowest BCUT2D eigenvalue weighted by atomic mass is 9.69. The Balaban J connectivity index is 2.57. The van der Waals surface area contributed by atoms with Crippen LogP contribution >= 0.6 is 0 Å². The minimum absolute atomic E-state index is 0.415. The Morgan fingerprint density at radius 2 is 1.77 bits per heavy atom. The Morgan fingerprint density at radius 3 is 2.31 bits per heavy atom. The predicted molar refractivity (Wildman–Crippen MR) is 58.5 cm³/mol. The zero-order chi connectivity index (χ0) is 10.0. The summed E-state index contributed by atoms with van der Waals surface area (Å²) in [5.74, 6) is 3.11. The SMILES string of the molecule is CC(C)C(N)C1CCCC(C)C1C. The molecule has 0 bridgehead atoms. The molecule has 0 spiro atoms. The summed E-state index contributed by atoms with van der Waals surface area (Å²) in [4.78, 5) is 0. The lowest BCUT2D eigenvalue weighted by Crippen LogP contribution is -2.42. The summed E-state index contributed by atoms with van der Waals surface area (Å²) < 4.78 is 0. The van der Waals surface area contributed by atoms with Gasteiger partial charge in [0.15, 0.2) is 0 Å². The van der Waals surface area contributed by atoms with Crippen LogP contribution in [0.5, 0.6) is 0 Å². The van der Waals surface area contributed by atoms with Gasteiger partial charge in [0.25, 0.3) is 0 Å². The fraction of sp³-hybridized carbons (Fsp3) is 1.00. The highest BCUT2D eigenvalue weighted by molar-refractivity contribution is 4.85. The fourth-order valence-electron chi connectivity index (χ4n) is 2.66. The van der Waals surface area contributed by atoms with Gasteiger partial charge in [-0.15, -0.1) is 0 Å². The van der Waals surface area contributed by atoms with Gasteiger partial charge in [0.05, 0.1) is 0 Å². The highest BCUT2D eigenvalue weighted by Crippen LogP contribution is 2.37. The first-order valence-electron chi connectivity index (χ1n) is 5.79. The van der Waals surface area contributed by atoms with E-state index in [1.165, 1.54) is 19.3 Å². The summed E-state index contributed by atoms with van der Waals surface area (Å²) >= 11 is 0. The van der Waals surface area contributed by atoms with Gasteiger partial charge in [-0.1, -0.05) is 40.5 Å². The van der Waals surface area contributed by atoms with Crippen LogP contribution in [-0.2, 0) is 0 Å². The van der Waals surface area contributed by atoms with Gasteiger partial charge in [0, 0.05) is 6.04 Å². The standard InChI is InChI=1S/C12H25N/c1-8(2)12(13)11-7-5-6-9(3)10(11)4/h8-12H,5-7,13H2,1-4H3. The van der Waals surface area contributed by atoms with Gasteiger partial charge in [-0.25, -0.2) is 0 Å². The molecule has 78 valence electrons. The average molecular weight is 183 g/mol. The first-order chi connectivity index (χ1) is 6.04. The maximum Gasteiger partial charge on any atom is 0.00930 e. The van der Waals surface area contributed by atoms with Crippen LogP contribution < -0.4 is 5.73 Å². The quantitative estimate of drug-likeness (QED) is 0.699. The van der Waals surface area contributed by atoms with Gasteiger partial charge in [-0.05, 0) is 30.1 Å². The third-order valence-electron chi connectivity index (χ3n) is 4.03. The molecular weight excluding hydrogens is 158 g/mol. The van der Waals surface area contributed by atoms with Crippen LogP contribution in [0.3, 0.4) is 0 Å². The first kappa shape index (κ1) is 11.0. The van der Waals surface area contributed by atoms with Gasteiger partial charge in [-0.2, -0.15) is 0 Å². The molecule has 4 atom stereocenters. The van der Waals surface area contributed by atoms with E-state index in [1.807, 2.05) is 0 Å². The molecule has 1 rings (SSSR count). The normalized spacial score (nSPS) is 37.8. The van der Waals surface area contributed by atoms with E-state index in [9.17, 15) is 0 Å². The summed E-state index contributed by atoms with van der Waals surface area (Å²) in [7, 11) is 0. The third kappa shape index (κ3) is 2.46. The van der Waals surface area contributed by atoms with Crippen molar-refractivity contribution in [3.8, 4) is 0 Å². The highest BCUT2D eigenvalue weighted by atomic mass is 14.7. The van der Waals surface area contributed by atoms with E-state index >= 15 is 0 Å². The molecular formula is C12H25N. The molecule has 0 aromatic rings. The smallest absolute Gasteiger partial charge is 0.00930 e. The van der Waals surface area contributed by atoms with Crippen molar-refractivity contribution in [2.24, 2.45) is 29.4 Å².